The summed E-state index contributed by atoms with van der Waals surface area (Å²) in [6, 6.07) is 52.9. The summed E-state index contributed by atoms with van der Waals surface area (Å²) < 4.78 is 0. The number of para-hydroxylation sites is 1. The topological polar surface area (TPSA) is 196 Å². The first-order valence-corrected chi connectivity index (χ1v) is 27.3. The second-order valence-electron chi connectivity index (χ2n) is 20.4. The summed E-state index contributed by atoms with van der Waals surface area (Å²) >= 11 is 12.7. The zero-order valence-corrected chi connectivity index (χ0v) is 45.7. The number of ketones is 1. The van der Waals surface area contributed by atoms with Crippen LogP contribution < -0.4 is 16.1 Å². The van der Waals surface area contributed by atoms with Crippen LogP contribution in [0.15, 0.2) is 196 Å². The van der Waals surface area contributed by atoms with Crippen molar-refractivity contribution in [1.82, 2.24) is 10.5 Å². The number of carbonyl (C=O) groups excluding carboxylic acids is 2. The Balaban J connectivity index is 0.908. The van der Waals surface area contributed by atoms with E-state index in [0.29, 0.717) is 93.9 Å². The van der Waals surface area contributed by atoms with Crippen molar-refractivity contribution in [1.29, 1.82) is 0 Å². The molecule has 7 N–H and O–H groups in total. The van der Waals surface area contributed by atoms with Crippen LogP contribution in [0.4, 0.5) is 39.8 Å². The molecule has 0 spiro atoms. The van der Waals surface area contributed by atoms with Crippen LogP contribution in [0.25, 0.3) is 65.3 Å². The van der Waals surface area contributed by atoms with Crippen molar-refractivity contribution in [2.75, 3.05) is 10.6 Å². The third-order valence-corrected chi connectivity index (χ3v) is 16.0. The summed E-state index contributed by atoms with van der Waals surface area (Å²) in [5.41, 5.74) is 13.1. The molecule has 82 heavy (non-hydrogen) atoms. The Morgan fingerprint density at radius 1 is 0.598 bits per heavy atom. The summed E-state index contributed by atoms with van der Waals surface area (Å²) in [5.74, 6) is -1.34. The zero-order valence-electron chi connectivity index (χ0n) is 44.2. The lowest BCUT2D eigenvalue weighted by Gasteiger charge is -2.22. The number of hydrogen-bond acceptors (Lipinski definition) is 11. The molecule has 11 aromatic carbocycles. The van der Waals surface area contributed by atoms with E-state index in [9.17, 15) is 25.0 Å². The highest BCUT2D eigenvalue weighted by Crippen LogP contribution is 2.50. The number of benzene rings is 11. The number of carbonyl (C=O) groups is 2. The quantitative estimate of drug-likeness (QED) is 0.0467. The van der Waals surface area contributed by atoms with Gasteiger partial charge in [-0.1, -0.05) is 127 Å². The summed E-state index contributed by atoms with van der Waals surface area (Å²) in [7, 11) is 0. The molecule has 0 aliphatic heterocycles. The SMILES string of the molecule is CCc1ccccc1C(NO)c1cc2ccc3c4cc(Cl)ccc4[nH]c3c2c(N=Nc2ccc3c(c2)C(=O)c2cccc4c(N=Nc5c(O)c(C(=O)Nc6ccccc6C)cc6ccc(C)c(Nc7ccc(Cl)cc7)c56)ccc-3c24)c1O. The fourth-order valence-corrected chi connectivity index (χ4v) is 11.7. The molecule has 0 bridgehead atoms. The number of nitrogens with one attached hydrogen (secondary N) is 4. The van der Waals surface area contributed by atoms with Gasteiger partial charge in [-0.3, -0.25) is 9.59 Å². The minimum absolute atomic E-state index is 0.00104. The first-order valence-electron chi connectivity index (χ1n) is 26.5. The third kappa shape index (κ3) is 8.83. The molecular weight excluding hydrogens is 1070 g/mol. The van der Waals surface area contributed by atoms with Crippen LogP contribution in [-0.2, 0) is 6.42 Å². The summed E-state index contributed by atoms with van der Waals surface area (Å²) in [6.45, 7) is 5.86. The Bertz CT molecular complexity index is 4750. The maximum absolute atomic E-state index is 14.8. The number of phenolic OH excluding ortho intramolecular Hbond substituents is 2. The number of nitrogens with zero attached hydrogens (tertiary/aromatic N) is 4. The van der Waals surface area contributed by atoms with Gasteiger partial charge in [0.1, 0.15) is 17.1 Å². The van der Waals surface area contributed by atoms with Crippen LogP contribution >= 0.6 is 23.2 Å². The standard InChI is InChI=1S/C67H48Cl2N8O5/c1-4-36-11-6-7-12-43(36)60(77-82)51-30-38-18-25-46-49-32-40(69)21-28-54(49)71-61(46)57(38)63(65(51)79)75-73-42-24-26-44-45-27-29-55(47-13-9-14-48(58(45)47)64(78)50(44)33-42)74-76-62-56-37(17-16-35(3)59(56)70-41-22-19-39(68)20-23-41)31-52(66(62)80)67(81)72-53-15-8-5-10-34(53)2/h5-33,60,70-71,77,79-80,82H,4H2,1-3H3,(H,72,81). The first-order chi connectivity index (χ1) is 39.9. The van der Waals surface area contributed by atoms with E-state index in [0.717, 1.165) is 55.2 Å². The molecule has 13 rings (SSSR count). The van der Waals surface area contributed by atoms with Crippen LogP contribution in [0.3, 0.4) is 0 Å². The van der Waals surface area contributed by atoms with Gasteiger partial charge in [-0.25, -0.2) is 0 Å². The second-order valence-corrected chi connectivity index (χ2v) is 21.2. The van der Waals surface area contributed by atoms with Crippen molar-refractivity contribution in [3.8, 4) is 22.6 Å². The normalized spacial score (nSPS) is 12.6. The zero-order chi connectivity index (χ0) is 56.5. The van der Waals surface area contributed by atoms with Gasteiger partial charge in [-0.2, -0.15) is 10.6 Å². The first kappa shape index (κ1) is 51.7. The number of phenols is 2. The van der Waals surface area contributed by atoms with E-state index in [1.165, 1.54) is 0 Å². The van der Waals surface area contributed by atoms with Crippen molar-refractivity contribution < 1.29 is 25.0 Å². The van der Waals surface area contributed by atoms with Gasteiger partial charge in [-0.05, 0) is 143 Å². The third-order valence-electron chi connectivity index (χ3n) is 15.5. The molecule has 0 saturated heterocycles. The molecule has 0 fully saturated rings. The van der Waals surface area contributed by atoms with Crippen molar-refractivity contribution >= 4 is 129 Å². The predicted octanol–water partition coefficient (Wildman–Crippen LogP) is 18.8. The van der Waals surface area contributed by atoms with Gasteiger partial charge in [0.05, 0.1) is 34.2 Å². The number of azo groups is 2. The fraction of sp³-hybridized carbons (Fsp3) is 0.0746. The predicted molar refractivity (Wildman–Crippen MR) is 328 cm³/mol. The number of aromatic nitrogens is 1. The number of aromatic amines is 1. The van der Waals surface area contributed by atoms with E-state index in [-0.39, 0.29) is 34.2 Å². The van der Waals surface area contributed by atoms with Crippen molar-refractivity contribution in [2.45, 2.75) is 33.2 Å². The number of hydrogen-bond donors (Lipinski definition) is 7. The maximum Gasteiger partial charge on any atom is 0.259 e. The summed E-state index contributed by atoms with van der Waals surface area (Å²) in [6.07, 6.45) is 0.692. The van der Waals surface area contributed by atoms with Gasteiger partial charge < -0.3 is 31.0 Å². The minimum atomic E-state index is -0.820. The molecular formula is C67H48Cl2N8O5. The molecule has 1 aliphatic rings. The Labute approximate surface area is 479 Å². The molecule has 0 saturated carbocycles. The van der Waals surface area contributed by atoms with Crippen LogP contribution in [0.1, 0.15) is 67.1 Å². The number of anilines is 3. The average molecular weight is 1120 g/mol. The van der Waals surface area contributed by atoms with Crippen LogP contribution in [0.2, 0.25) is 10.0 Å². The molecule has 1 heterocycles. The number of H-pyrrole nitrogens is 1. The van der Waals surface area contributed by atoms with Gasteiger partial charge >= 0.3 is 0 Å². The average Bonchev–Trinajstić information content (AvgIpc) is 2.73. The lowest BCUT2D eigenvalue weighted by atomic mass is 9.82. The smallest absolute Gasteiger partial charge is 0.259 e. The van der Waals surface area contributed by atoms with Gasteiger partial charge in [0, 0.05) is 75.9 Å². The van der Waals surface area contributed by atoms with Crippen molar-refractivity contribution in [2.24, 2.45) is 20.5 Å². The molecule has 1 aliphatic carbocycles. The molecule has 400 valence electrons. The maximum atomic E-state index is 14.8. The number of hydroxylamine groups is 1. The van der Waals surface area contributed by atoms with Gasteiger partial charge in [0.25, 0.3) is 5.91 Å². The van der Waals surface area contributed by atoms with Gasteiger partial charge in [-0.15, -0.1) is 15.3 Å². The number of fused-ring (bicyclic) bond motifs is 8. The van der Waals surface area contributed by atoms with Crippen LogP contribution in [0, 0.1) is 13.8 Å². The van der Waals surface area contributed by atoms with E-state index in [2.05, 4.69) is 21.1 Å². The molecule has 15 heteroatoms. The van der Waals surface area contributed by atoms with E-state index in [1.54, 1.807) is 48.5 Å². The van der Waals surface area contributed by atoms with E-state index >= 15 is 0 Å². The molecule has 1 aromatic heterocycles. The largest absolute Gasteiger partial charge is 0.505 e. The number of aryl methyl sites for hydroxylation is 3. The minimum Gasteiger partial charge on any atom is -0.505 e. The van der Waals surface area contributed by atoms with E-state index < -0.39 is 11.9 Å². The van der Waals surface area contributed by atoms with Crippen LogP contribution in [0.5, 0.6) is 11.5 Å². The number of rotatable bonds is 12. The summed E-state index contributed by atoms with van der Waals surface area (Å²) in [4.78, 5) is 32.4. The second kappa shape index (κ2) is 20.7. The van der Waals surface area contributed by atoms with Crippen LogP contribution in [-0.4, -0.2) is 32.1 Å². The highest BCUT2D eigenvalue weighted by atomic mass is 35.5. The Hall–Kier alpha value is -9.76. The number of amides is 1. The highest BCUT2D eigenvalue weighted by molar-refractivity contribution is 6.32. The molecule has 1 amide bonds. The lowest BCUT2D eigenvalue weighted by Crippen LogP contribution is -2.20. The molecule has 13 nitrogen and oxygen atoms in total. The molecule has 12 aromatic rings. The summed E-state index contributed by atoms with van der Waals surface area (Å²) in [5, 5.41) is 67.7. The molecule has 0 radical (unpaired) electrons. The fourth-order valence-electron chi connectivity index (χ4n) is 11.4. The van der Waals surface area contributed by atoms with Gasteiger partial charge in [0.2, 0.25) is 0 Å². The Kier molecular flexibility index (Phi) is 13.1. The van der Waals surface area contributed by atoms with Gasteiger partial charge in [0.15, 0.2) is 11.5 Å². The Morgan fingerprint density at radius 3 is 2.16 bits per heavy atom. The number of aromatic hydroxyl groups is 2. The molecule has 1 atom stereocenters. The van der Waals surface area contributed by atoms with E-state index in [1.807, 2.05) is 148 Å². The van der Waals surface area contributed by atoms with Crippen molar-refractivity contribution in [3.05, 3.63) is 230 Å². The van der Waals surface area contributed by atoms with E-state index in [4.69, 9.17) is 43.7 Å². The molecule has 1 unspecified atom stereocenters. The Morgan fingerprint density at radius 2 is 1.34 bits per heavy atom. The van der Waals surface area contributed by atoms with Crippen molar-refractivity contribution in [3.63, 3.8) is 0 Å². The highest BCUT2D eigenvalue weighted by Gasteiger charge is 2.29. The lowest BCUT2D eigenvalue weighted by molar-refractivity contribution is 0.102. The number of halogens is 2. The monoisotopic (exact) mass is 1110 g/mol.